The van der Waals surface area contributed by atoms with Crippen molar-refractivity contribution in [2.45, 2.75) is 13.5 Å². The van der Waals surface area contributed by atoms with Crippen LogP contribution in [-0.4, -0.2) is 44.4 Å². The van der Waals surface area contributed by atoms with Gasteiger partial charge in [0.15, 0.2) is 18.1 Å². The number of nitrogens with zero attached hydrogens (tertiary/aromatic N) is 1. The summed E-state index contributed by atoms with van der Waals surface area (Å²) in [5.41, 5.74) is 3.52. The molecule has 0 saturated heterocycles. The fraction of sp³-hybridized carbons (Fsp3) is 0.214. The summed E-state index contributed by atoms with van der Waals surface area (Å²) in [6, 6.07) is 17.3. The van der Waals surface area contributed by atoms with Gasteiger partial charge in [-0.15, -0.1) is 0 Å². The largest absolute Gasteiger partial charge is 0.493 e. The Labute approximate surface area is 209 Å². The molecule has 1 heterocycles. The molecule has 0 radical (unpaired) electrons. The maximum atomic E-state index is 12.4. The van der Waals surface area contributed by atoms with Gasteiger partial charge in [0.2, 0.25) is 5.75 Å². The van der Waals surface area contributed by atoms with E-state index in [0.717, 1.165) is 28.4 Å². The highest BCUT2D eigenvalue weighted by Gasteiger charge is 2.13. The summed E-state index contributed by atoms with van der Waals surface area (Å²) in [6.07, 6.45) is 2.78. The highest BCUT2D eigenvalue weighted by atomic mass is 16.5. The second kappa shape index (κ2) is 10.9. The molecule has 0 bridgehead atoms. The first-order chi connectivity index (χ1) is 17.5. The van der Waals surface area contributed by atoms with E-state index in [-0.39, 0.29) is 0 Å². The topological polar surface area (TPSA) is 88.0 Å². The maximum Gasteiger partial charge on any atom is 0.331 e. The molecule has 36 heavy (non-hydrogen) atoms. The van der Waals surface area contributed by atoms with E-state index in [4.69, 9.17) is 18.9 Å². The van der Waals surface area contributed by atoms with Crippen LogP contribution in [-0.2, 0) is 20.9 Å². The lowest BCUT2D eigenvalue weighted by Gasteiger charge is -2.12. The van der Waals surface area contributed by atoms with Crippen molar-refractivity contribution in [3.8, 4) is 17.2 Å². The molecule has 0 aliphatic carbocycles. The Bertz CT molecular complexity index is 1430. The van der Waals surface area contributed by atoms with Crippen LogP contribution in [0.15, 0.2) is 60.7 Å². The molecule has 0 unspecified atom stereocenters. The first kappa shape index (κ1) is 24.7. The van der Waals surface area contributed by atoms with Crippen molar-refractivity contribution in [2.75, 3.05) is 33.3 Å². The second-order valence-corrected chi connectivity index (χ2v) is 7.94. The molecule has 0 fully saturated rings. The number of ether oxygens (including phenoxy) is 4. The van der Waals surface area contributed by atoms with Crippen molar-refractivity contribution in [3.63, 3.8) is 0 Å². The highest BCUT2D eigenvalue weighted by molar-refractivity contribution is 6.10. The molecule has 1 N–H and O–H groups in total. The van der Waals surface area contributed by atoms with Crippen LogP contribution >= 0.6 is 0 Å². The molecule has 1 aromatic heterocycles. The number of aromatic nitrogens is 1. The van der Waals surface area contributed by atoms with E-state index >= 15 is 0 Å². The normalized spacial score (nSPS) is 11.1. The van der Waals surface area contributed by atoms with Crippen molar-refractivity contribution in [1.29, 1.82) is 0 Å². The Kier molecular flexibility index (Phi) is 7.44. The number of nitrogens with one attached hydrogen (secondary N) is 1. The summed E-state index contributed by atoms with van der Waals surface area (Å²) in [5.74, 6) is 0.295. The summed E-state index contributed by atoms with van der Waals surface area (Å²) in [7, 11) is 4.54. The Morgan fingerprint density at radius 2 is 1.58 bits per heavy atom. The number of carbonyl (C=O) groups is 2. The first-order valence-electron chi connectivity index (χ1n) is 11.4. The number of methoxy groups -OCH3 is 3. The van der Waals surface area contributed by atoms with E-state index in [1.165, 1.54) is 27.4 Å². The number of amides is 1. The van der Waals surface area contributed by atoms with Crippen LogP contribution in [0.5, 0.6) is 17.2 Å². The number of benzene rings is 3. The molecule has 0 aliphatic heterocycles. The Morgan fingerprint density at radius 3 is 2.25 bits per heavy atom. The first-order valence-corrected chi connectivity index (χ1v) is 11.4. The number of anilines is 1. The predicted molar refractivity (Wildman–Crippen MR) is 140 cm³/mol. The number of para-hydroxylation sites is 1. The maximum absolute atomic E-state index is 12.4. The van der Waals surface area contributed by atoms with Gasteiger partial charge < -0.3 is 28.8 Å². The van der Waals surface area contributed by atoms with E-state index in [1.54, 1.807) is 18.2 Å². The minimum absolute atomic E-state index is 0.410. The zero-order valence-electron chi connectivity index (χ0n) is 20.7. The van der Waals surface area contributed by atoms with Crippen molar-refractivity contribution in [3.05, 3.63) is 66.2 Å². The minimum atomic E-state index is -0.652. The third-order valence-electron chi connectivity index (χ3n) is 5.82. The molecule has 0 spiro atoms. The van der Waals surface area contributed by atoms with Gasteiger partial charge in [-0.1, -0.05) is 18.2 Å². The molecule has 0 saturated carbocycles. The third kappa shape index (κ3) is 4.98. The SMILES string of the molecule is CCn1c2ccccc2c2cc(NC(=O)COC(=O)/C=C/c3cc(OC)c(OC)c(OC)c3)ccc21. The van der Waals surface area contributed by atoms with Crippen LogP contribution in [0.4, 0.5) is 5.69 Å². The van der Waals surface area contributed by atoms with Gasteiger partial charge in [-0.25, -0.2) is 4.79 Å². The van der Waals surface area contributed by atoms with E-state index < -0.39 is 18.5 Å². The molecule has 3 aromatic carbocycles. The molecule has 1 amide bonds. The molecular weight excluding hydrogens is 460 g/mol. The standard InChI is InChI=1S/C28H28N2O6/c1-5-30-22-9-7-6-8-20(22)21-16-19(11-12-23(21)30)29-26(31)17-36-27(32)13-10-18-14-24(33-2)28(35-4)25(15-18)34-3/h6-16H,5,17H2,1-4H3,(H,29,31)/b13-10+. The lowest BCUT2D eigenvalue weighted by atomic mass is 10.1. The van der Waals surface area contributed by atoms with Crippen LogP contribution < -0.4 is 19.5 Å². The van der Waals surface area contributed by atoms with Crippen LogP contribution in [0.3, 0.4) is 0 Å². The number of rotatable bonds is 9. The number of esters is 1. The van der Waals surface area contributed by atoms with Crippen molar-refractivity contribution >= 4 is 45.4 Å². The van der Waals surface area contributed by atoms with E-state index in [1.807, 2.05) is 30.3 Å². The average molecular weight is 489 g/mol. The molecule has 8 heteroatoms. The summed E-state index contributed by atoms with van der Waals surface area (Å²) in [4.78, 5) is 24.6. The number of hydrogen-bond acceptors (Lipinski definition) is 6. The van der Waals surface area contributed by atoms with Crippen molar-refractivity contribution < 1.29 is 28.5 Å². The van der Waals surface area contributed by atoms with Gasteiger partial charge in [0.1, 0.15) is 0 Å². The monoisotopic (exact) mass is 488 g/mol. The minimum Gasteiger partial charge on any atom is -0.493 e. The summed E-state index contributed by atoms with van der Waals surface area (Å²) < 4.78 is 23.3. The van der Waals surface area contributed by atoms with Crippen molar-refractivity contribution in [1.82, 2.24) is 4.57 Å². The van der Waals surface area contributed by atoms with Gasteiger partial charge in [-0.05, 0) is 55.0 Å². The van der Waals surface area contributed by atoms with Crippen LogP contribution in [0.25, 0.3) is 27.9 Å². The predicted octanol–water partition coefficient (Wildman–Crippen LogP) is 5.04. The smallest absolute Gasteiger partial charge is 0.331 e. The number of fused-ring (bicyclic) bond motifs is 3. The fourth-order valence-electron chi connectivity index (χ4n) is 4.22. The quantitative estimate of drug-likeness (QED) is 0.263. The van der Waals surface area contributed by atoms with E-state index in [9.17, 15) is 9.59 Å². The van der Waals surface area contributed by atoms with Gasteiger partial charge in [-0.2, -0.15) is 0 Å². The molecule has 8 nitrogen and oxygen atoms in total. The van der Waals surface area contributed by atoms with Gasteiger partial charge in [-0.3, -0.25) is 4.79 Å². The number of carbonyl (C=O) groups excluding carboxylic acids is 2. The Morgan fingerprint density at radius 1 is 0.889 bits per heavy atom. The third-order valence-corrected chi connectivity index (χ3v) is 5.82. The average Bonchev–Trinajstić information content (AvgIpc) is 3.22. The number of hydrogen-bond donors (Lipinski definition) is 1. The van der Waals surface area contributed by atoms with Crippen LogP contribution in [0.2, 0.25) is 0 Å². The molecule has 0 atom stereocenters. The summed E-state index contributed by atoms with van der Waals surface area (Å²) in [6.45, 7) is 2.54. The van der Waals surface area contributed by atoms with Crippen molar-refractivity contribution in [2.24, 2.45) is 0 Å². The van der Waals surface area contributed by atoms with E-state index in [0.29, 0.717) is 28.5 Å². The summed E-state index contributed by atoms with van der Waals surface area (Å²) in [5, 5.41) is 4.97. The van der Waals surface area contributed by atoms with E-state index in [2.05, 4.69) is 28.9 Å². The molecule has 0 aliphatic rings. The van der Waals surface area contributed by atoms with Gasteiger partial charge >= 0.3 is 5.97 Å². The molecule has 4 rings (SSSR count). The van der Waals surface area contributed by atoms with Gasteiger partial charge in [0.25, 0.3) is 5.91 Å². The zero-order chi connectivity index (χ0) is 25.7. The Balaban J connectivity index is 1.40. The van der Waals surface area contributed by atoms with Gasteiger partial charge in [0.05, 0.1) is 21.3 Å². The number of aryl methyl sites for hydroxylation is 1. The molecule has 4 aromatic rings. The van der Waals surface area contributed by atoms with Crippen LogP contribution in [0, 0.1) is 0 Å². The zero-order valence-corrected chi connectivity index (χ0v) is 20.7. The molecule has 186 valence electrons. The van der Waals surface area contributed by atoms with Gasteiger partial charge in [0, 0.05) is 40.1 Å². The summed E-state index contributed by atoms with van der Waals surface area (Å²) >= 11 is 0. The second-order valence-electron chi connectivity index (χ2n) is 7.94. The molecular formula is C28H28N2O6. The fourth-order valence-corrected chi connectivity index (χ4v) is 4.22. The highest BCUT2D eigenvalue weighted by Crippen LogP contribution is 2.38. The van der Waals surface area contributed by atoms with Crippen LogP contribution in [0.1, 0.15) is 12.5 Å². The lowest BCUT2D eigenvalue weighted by Crippen LogP contribution is -2.20. The lowest BCUT2D eigenvalue weighted by molar-refractivity contribution is -0.142. The Hall–Kier alpha value is -4.46.